The number of carbonyl (C=O) groups excluding carboxylic acids is 2. The summed E-state index contributed by atoms with van der Waals surface area (Å²) in [6.45, 7) is 0. The number of aromatic amines is 1. The van der Waals surface area contributed by atoms with Crippen molar-refractivity contribution in [2.45, 2.75) is 12.5 Å². The fourth-order valence-electron chi connectivity index (χ4n) is 4.78. The zero-order valence-corrected chi connectivity index (χ0v) is 21.0. The van der Waals surface area contributed by atoms with Crippen LogP contribution >= 0.6 is 0 Å². The third-order valence-electron chi connectivity index (χ3n) is 6.59. The molecule has 9 heteroatoms. The Morgan fingerprint density at radius 2 is 1.57 bits per heavy atom. The summed E-state index contributed by atoms with van der Waals surface area (Å²) in [6, 6.07) is 15.9. The van der Waals surface area contributed by atoms with Gasteiger partial charge >= 0.3 is 0 Å². The van der Waals surface area contributed by atoms with Crippen LogP contribution in [0.1, 0.15) is 33.1 Å². The van der Waals surface area contributed by atoms with Crippen LogP contribution in [0, 0.1) is 0 Å². The van der Waals surface area contributed by atoms with Gasteiger partial charge in [0.2, 0.25) is 5.91 Å². The van der Waals surface area contributed by atoms with E-state index in [0.29, 0.717) is 28.6 Å². The van der Waals surface area contributed by atoms with Gasteiger partial charge in [0.05, 0.1) is 40.4 Å². The first-order valence-corrected chi connectivity index (χ1v) is 11.6. The first-order chi connectivity index (χ1) is 18.0. The predicted octanol–water partition coefficient (Wildman–Crippen LogP) is 4.02. The summed E-state index contributed by atoms with van der Waals surface area (Å²) in [5, 5.41) is 2.14. The van der Waals surface area contributed by atoms with Crippen molar-refractivity contribution in [3.63, 3.8) is 0 Å². The molecule has 3 aromatic carbocycles. The summed E-state index contributed by atoms with van der Waals surface area (Å²) in [7, 11) is 6.21. The van der Waals surface area contributed by atoms with Crippen LogP contribution < -0.4 is 24.4 Å². The molecule has 1 atom stereocenters. The van der Waals surface area contributed by atoms with Crippen molar-refractivity contribution < 1.29 is 28.5 Å². The van der Waals surface area contributed by atoms with E-state index in [1.165, 1.54) is 5.01 Å². The van der Waals surface area contributed by atoms with Crippen LogP contribution in [-0.2, 0) is 11.2 Å². The van der Waals surface area contributed by atoms with E-state index in [-0.39, 0.29) is 12.3 Å². The van der Waals surface area contributed by atoms with Crippen molar-refractivity contribution in [1.29, 1.82) is 0 Å². The summed E-state index contributed by atoms with van der Waals surface area (Å²) in [4.78, 5) is 30.1. The van der Waals surface area contributed by atoms with E-state index >= 15 is 0 Å². The third kappa shape index (κ3) is 4.18. The van der Waals surface area contributed by atoms with Crippen molar-refractivity contribution in [3.05, 3.63) is 83.0 Å². The van der Waals surface area contributed by atoms with Gasteiger partial charge in [-0.15, -0.1) is 0 Å². The van der Waals surface area contributed by atoms with E-state index in [1.54, 1.807) is 52.8 Å². The molecule has 1 aliphatic heterocycles. The molecule has 1 aliphatic rings. The number of amides is 2. The monoisotopic (exact) mass is 501 g/mol. The Kier molecular flexibility index (Phi) is 6.35. The van der Waals surface area contributed by atoms with E-state index in [0.717, 1.165) is 27.6 Å². The number of aromatic nitrogens is 1. The highest BCUT2D eigenvalue weighted by atomic mass is 16.5. The minimum absolute atomic E-state index is 0.0770. The Hall–Kier alpha value is -4.66. The van der Waals surface area contributed by atoms with Crippen LogP contribution in [0.5, 0.6) is 23.0 Å². The highest BCUT2D eigenvalue weighted by Gasteiger charge is 2.37. The molecule has 2 heterocycles. The molecular formula is C28H27N3O6. The Morgan fingerprint density at radius 1 is 0.892 bits per heavy atom. The van der Waals surface area contributed by atoms with Crippen LogP contribution in [0.25, 0.3) is 10.9 Å². The molecule has 4 aromatic rings. The van der Waals surface area contributed by atoms with Crippen molar-refractivity contribution in [2.24, 2.45) is 0 Å². The Labute approximate surface area is 213 Å². The molecule has 1 aromatic heterocycles. The molecule has 0 radical (unpaired) electrons. The van der Waals surface area contributed by atoms with Gasteiger partial charge in [-0.2, -0.15) is 0 Å². The van der Waals surface area contributed by atoms with Crippen molar-refractivity contribution in [1.82, 2.24) is 15.4 Å². The predicted molar refractivity (Wildman–Crippen MR) is 137 cm³/mol. The second-order valence-corrected chi connectivity index (χ2v) is 8.55. The van der Waals surface area contributed by atoms with Gasteiger partial charge in [0.15, 0.2) is 23.0 Å². The van der Waals surface area contributed by atoms with Crippen molar-refractivity contribution in [2.75, 3.05) is 28.4 Å². The molecule has 190 valence electrons. The number of rotatable bonds is 7. The number of nitrogens with zero attached hydrogens (tertiary/aromatic N) is 1. The number of methoxy groups -OCH3 is 4. The molecule has 0 bridgehead atoms. The lowest BCUT2D eigenvalue weighted by molar-refractivity contribution is -0.136. The van der Waals surface area contributed by atoms with Gasteiger partial charge in [0.25, 0.3) is 5.91 Å². The summed E-state index contributed by atoms with van der Waals surface area (Å²) in [6.07, 6.45) is 1.72. The van der Waals surface area contributed by atoms with Crippen LogP contribution in [0.4, 0.5) is 0 Å². The van der Waals surface area contributed by atoms with E-state index in [1.807, 2.05) is 36.4 Å². The molecule has 0 fully saturated rings. The van der Waals surface area contributed by atoms with Crippen LogP contribution in [0.15, 0.2) is 60.8 Å². The molecule has 2 N–H and O–H groups in total. The van der Waals surface area contributed by atoms with Crippen molar-refractivity contribution in [3.8, 4) is 23.0 Å². The lowest BCUT2D eigenvalue weighted by Crippen LogP contribution is -2.51. The maximum atomic E-state index is 13.5. The first-order valence-electron chi connectivity index (χ1n) is 11.6. The standard InChI is InChI=1S/C28H27N3O6/c1-34-22-10-9-16(11-23(22)35-2)27-19-14-25(37-4)24(36-3)12-17(19)13-26(32)31(27)30-28(33)20-15-29-21-8-6-5-7-18(20)21/h5-12,14-15,27,29H,13H2,1-4H3,(H,30,33)/t27-/m1/s1. The molecule has 9 nitrogen and oxygen atoms in total. The lowest BCUT2D eigenvalue weighted by Gasteiger charge is -2.37. The number of fused-ring (bicyclic) bond motifs is 2. The highest BCUT2D eigenvalue weighted by Crippen LogP contribution is 2.42. The lowest BCUT2D eigenvalue weighted by atomic mass is 9.88. The Morgan fingerprint density at radius 3 is 2.30 bits per heavy atom. The number of para-hydroxylation sites is 1. The number of hydrogen-bond acceptors (Lipinski definition) is 6. The van der Waals surface area contributed by atoms with E-state index < -0.39 is 11.9 Å². The molecular weight excluding hydrogens is 474 g/mol. The topological polar surface area (TPSA) is 102 Å². The molecule has 5 rings (SSSR count). The van der Waals surface area contributed by atoms with Crippen molar-refractivity contribution >= 4 is 22.7 Å². The number of ether oxygens (including phenoxy) is 4. The summed E-state index contributed by atoms with van der Waals surface area (Å²) in [5.74, 6) is 1.42. The molecule has 0 unspecified atom stereocenters. The minimum atomic E-state index is -0.662. The van der Waals surface area contributed by atoms with Gasteiger partial charge in [-0.25, -0.2) is 5.01 Å². The summed E-state index contributed by atoms with van der Waals surface area (Å²) in [5.41, 5.74) is 6.43. The molecule has 0 spiro atoms. The second kappa shape index (κ2) is 9.77. The van der Waals surface area contributed by atoms with E-state index in [9.17, 15) is 9.59 Å². The highest BCUT2D eigenvalue weighted by molar-refractivity contribution is 6.07. The number of hydrazine groups is 1. The number of benzene rings is 3. The quantitative estimate of drug-likeness (QED) is 0.397. The van der Waals surface area contributed by atoms with Gasteiger partial charge in [-0.1, -0.05) is 24.3 Å². The van der Waals surface area contributed by atoms with Gasteiger partial charge in [-0.3, -0.25) is 15.0 Å². The number of carbonyl (C=O) groups is 2. The number of H-pyrrole nitrogens is 1. The van der Waals surface area contributed by atoms with Crippen LogP contribution in [0.3, 0.4) is 0 Å². The summed E-state index contributed by atoms with van der Waals surface area (Å²) >= 11 is 0. The van der Waals surface area contributed by atoms with Gasteiger partial charge in [0.1, 0.15) is 6.04 Å². The van der Waals surface area contributed by atoms with E-state index in [4.69, 9.17) is 18.9 Å². The normalized spacial score (nSPS) is 14.8. The average Bonchev–Trinajstić information content (AvgIpc) is 3.36. The number of hydrogen-bond donors (Lipinski definition) is 2. The molecule has 0 saturated carbocycles. The average molecular weight is 502 g/mol. The van der Waals surface area contributed by atoms with Gasteiger partial charge in [0, 0.05) is 17.1 Å². The molecule has 2 amide bonds. The van der Waals surface area contributed by atoms with Gasteiger partial charge < -0.3 is 23.9 Å². The largest absolute Gasteiger partial charge is 0.493 e. The first kappa shape index (κ1) is 24.1. The van der Waals surface area contributed by atoms with E-state index in [2.05, 4.69) is 10.4 Å². The SMILES string of the molecule is COc1ccc([C@@H]2c3cc(OC)c(OC)cc3CC(=O)N2NC(=O)c2c[nH]c3ccccc23)cc1OC. The summed E-state index contributed by atoms with van der Waals surface area (Å²) < 4.78 is 21.9. The fraction of sp³-hybridized carbons (Fsp3) is 0.214. The Bertz CT molecular complexity index is 1490. The fourth-order valence-corrected chi connectivity index (χ4v) is 4.78. The zero-order valence-electron chi connectivity index (χ0n) is 21.0. The molecule has 0 saturated heterocycles. The zero-order chi connectivity index (χ0) is 26.1. The van der Waals surface area contributed by atoms with Crippen LogP contribution in [-0.4, -0.2) is 50.2 Å². The minimum Gasteiger partial charge on any atom is -0.493 e. The maximum absolute atomic E-state index is 13.5. The Balaban J connectivity index is 1.63. The molecule has 37 heavy (non-hydrogen) atoms. The van der Waals surface area contributed by atoms with Crippen LogP contribution in [0.2, 0.25) is 0 Å². The third-order valence-corrected chi connectivity index (χ3v) is 6.59. The van der Waals surface area contributed by atoms with Gasteiger partial charge in [-0.05, 0) is 47.0 Å². The second-order valence-electron chi connectivity index (χ2n) is 8.55. The maximum Gasteiger partial charge on any atom is 0.272 e. The smallest absolute Gasteiger partial charge is 0.272 e. The number of nitrogens with one attached hydrogen (secondary N) is 2. The molecule has 0 aliphatic carbocycles.